The smallest absolute Gasteiger partial charge is 0.374 e. The van der Waals surface area contributed by atoms with Crippen LogP contribution in [0.3, 0.4) is 0 Å². The summed E-state index contributed by atoms with van der Waals surface area (Å²) in [5.41, 5.74) is 7.20. The van der Waals surface area contributed by atoms with Crippen LogP contribution in [0, 0.1) is 0 Å². The highest BCUT2D eigenvalue weighted by molar-refractivity contribution is 5.94. The Kier molecular flexibility index (Phi) is 3.48. The molecule has 0 bridgehead atoms. The lowest BCUT2D eigenvalue weighted by Crippen LogP contribution is -2.06. The monoisotopic (exact) mass is 195 g/mol. The SMILES string of the molecule is CCCc1ccc(C(=O)OO)c(N)c1. The number of hydrogen-bond donors (Lipinski definition) is 2. The third-order valence-corrected chi connectivity index (χ3v) is 1.96. The molecule has 4 nitrogen and oxygen atoms in total. The van der Waals surface area contributed by atoms with Crippen molar-refractivity contribution in [3.8, 4) is 0 Å². The highest BCUT2D eigenvalue weighted by Crippen LogP contribution is 2.16. The first kappa shape index (κ1) is 10.5. The van der Waals surface area contributed by atoms with Gasteiger partial charge in [0.1, 0.15) is 0 Å². The predicted octanol–water partition coefficient (Wildman–Crippen LogP) is 1.85. The maximum Gasteiger partial charge on any atom is 0.374 e. The number of aryl methyl sites for hydroxylation is 1. The fourth-order valence-electron chi connectivity index (χ4n) is 1.29. The second kappa shape index (κ2) is 4.62. The van der Waals surface area contributed by atoms with Crippen LogP contribution in [0.2, 0.25) is 0 Å². The maximum absolute atomic E-state index is 11.0. The molecule has 0 unspecified atom stereocenters. The summed E-state index contributed by atoms with van der Waals surface area (Å²) in [6, 6.07) is 5.07. The molecule has 0 aliphatic carbocycles. The molecular formula is C10H13NO3. The van der Waals surface area contributed by atoms with Gasteiger partial charge in [0.2, 0.25) is 0 Å². The first-order chi connectivity index (χ1) is 6.69. The van der Waals surface area contributed by atoms with E-state index in [0.717, 1.165) is 18.4 Å². The Bertz CT molecular complexity index is 336. The van der Waals surface area contributed by atoms with Crippen molar-refractivity contribution < 1.29 is 14.9 Å². The number of nitrogen functional groups attached to an aromatic ring is 1. The van der Waals surface area contributed by atoms with E-state index in [1.807, 2.05) is 0 Å². The van der Waals surface area contributed by atoms with E-state index in [2.05, 4.69) is 11.8 Å². The van der Waals surface area contributed by atoms with Gasteiger partial charge in [0, 0.05) is 5.69 Å². The van der Waals surface area contributed by atoms with Gasteiger partial charge in [-0.05, 0) is 24.1 Å². The van der Waals surface area contributed by atoms with Gasteiger partial charge in [-0.15, -0.1) is 0 Å². The van der Waals surface area contributed by atoms with Crippen LogP contribution in [0.15, 0.2) is 18.2 Å². The summed E-state index contributed by atoms with van der Waals surface area (Å²) in [5.74, 6) is -0.828. The van der Waals surface area contributed by atoms with E-state index >= 15 is 0 Å². The average Bonchev–Trinajstić information content (AvgIpc) is 2.17. The van der Waals surface area contributed by atoms with Gasteiger partial charge >= 0.3 is 5.97 Å². The van der Waals surface area contributed by atoms with Crippen molar-refractivity contribution in [1.29, 1.82) is 0 Å². The van der Waals surface area contributed by atoms with Gasteiger partial charge < -0.3 is 5.73 Å². The van der Waals surface area contributed by atoms with Gasteiger partial charge in [0.15, 0.2) is 0 Å². The Morgan fingerprint density at radius 2 is 2.29 bits per heavy atom. The zero-order valence-corrected chi connectivity index (χ0v) is 7.99. The number of carbonyl (C=O) groups excluding carboxylic acids is 1. The maximum atomic E-state index is 11.0. The molecule has 4 heteroatoms. The van der Waals surface area contributed by atoms with Crippen molar-refractivity contribution in [2.24, 2.45) is 0 Å². The van der Waals surface area contributed by atoms with Crippen LogP contribution in [0.5, 0.6) is 0 Å². The third-order valence-electron chi connectivity index (χ3n) is 1.96. The quantitative estimate of drug-likeness (QED) is 0.438. The lowest BCUT2D eigenvalue weighted by atomic mass is 10.1. The van der Waals surface area contributed by atoms with Crippen LogP contribution in [-0.2, 0) is 11.3 Å². The molecule has 3 N–H and O–H groups in total. The lowest BCUT2D eigenvalue weighted by molar-refractivity contribution is -0.182. The van der Waals surface area contributed by atoms with Gasteiger partial charge in [-0.25, -0.2) is 4.79 Å². The van der Waals surface area contributed by atoms with E-state index in [0.29, 0.717) is 5.69 Å². The van der Waals surface area contributed by atoms with Gasteiger partial charge in [0.25, 0.3) is 0 Å². The molecule has 0 saturated carbocycles. The molecule has 0 aliphatic rings. The van der Waals surface area contributed by atoms with E-state index in [4.69, 9.17) is 11.0 Å². The number of nitrogens with two attached hydrogens (primary N) is 1. The van der Waals surface area contributed by atoms with Crippen molar-refractivity contribution in [2.75, 3.05) is 5.73 Å². The van der Waals surface area contributed by atoms with Gasteiger partial charge in [-0.3, -0.25) is 4.89 Å². The molecule has 1 rings (SSSR count). The van der Waals surface area contributed by atoms with Crippen molar-refractivity contribution in [3.63, 3.8) is 0 Å². The number of anilines is 1. The second-order valence-electron chi connectivity index (χ2n) is 3.05. The predicted molar refractivity (Wildman–Crippen MR) is 52.9 cm³/mol. The first-order valence-corrected chi connectivity index (χ1v) is 4.43. The van der Waals surface area contributed by atoms with E-state index in [-0.39, 0.29) is 5.56 Å². The lowest BCUT2D eigenvalue weighted by Gasteiger charge is -2.04. The van der Waals surface area contributed by atoms with Crippen LogP contribution in [0.4, 0.5) is 5.69 Å². The fourth-order valence-corrected chi connectivity index (χ4v) is 1.29. The summed E-state index contributed by atoms with van der Waals surface area (Å²) in [5, 5.41) is 8.18. The highest BCUT2D eigenvalue weighted by atomic mass is 17.1. The molecule has 0 radical (unpaired) electrons. The molecule has 0 amide bonds. The van der Waals surface area contributed by atoms with Gasteiger partial charge in [-0.1, -0.05) is 19.4 Å². The number of carbonyl (C=O) groups is 1. The third kappa shape index (κ3) is 2.23. The minimum atomic E-state index is -0.828. The van der Waals surface area contributed by atoms with Crippen molar-refractivity contribution in [3.05, 3.63) is 29.3 Å². The van der Waals surface area contributed by atoms with E-state index in [9.17, 15) is 4.79 Å². The van der Waals surface area contributed by atoms with E-state index in [1.165, 1.54) is 0 Å². The number of rotatable bonds is 3. The zero-order valence-electron chi connectivity index (χ0n) is 7.99. The zero-order chi connectivity index (χ0) is 10.6. The number of benzene rings is 1. The van der Waals surface area contributed by atoms with Crippen LogP contribution in [0.25, 0.3) is 0 Å². The van der Waals surface area contributed by atoms with Crippen molar-refractivity contribution in [2.45, 2.75) is 19.8 Å². The normalized spacial score (nSPS) is 9.86. The molecule has 1 aromatic carbocycles. The van der Waals surface area contributed by atoms with Crippen LogP contribution < -0.4 is 5.73 Å². The molecule has 0 heterocycles. The molecule has 0 spiro atoms. The largest absolute Gasteiger partial charge is 0.398 e. The van der Waals surface area contributed by atoms with Crippen molar-refractivity contribution in [1.82, 2.24) is 0 Å². The van der Waals surface area contributed by atoms with Crippen LogP contribution >= 0.6 is 0 Å². The summed E-state index contributed by atoms with van der Waals surface area (Å²) in [7, 11) is 0. The topological polar surface area (TPSA) is 72.5 Å². The Hall–Kier alpha value is -1.55. The molecule has 0 aliphatic heterocycles. The average molecular weight is 195 g/mol. The standard InChI is InChI=1S/C10H13NO3/c1-2-3-7-4-5-8(9(11)6-7)10(12)14-13/h4-6,13H,2-3,11H2,1H3. The molecule has 14 heavy (non-hydrogen) atoms. The van der Waals surface area contributed by atoms with E-state index in [1.54, 1.807) is 18.2 Å². The Morgan fingerprint density at radius 3 is 2.79 bits per heavy atom. The minimum absolute atomic E-state index is 0.187. The van der Waals surface area contributed by atoms with Gasteiger partial charge in [0.05, 0.1) is 5.56 Å². The molecule has 0 saturated heterocycles. The Morgan fingerprint density at radius 1 is 1.57 bits per heavy atom. The molecular weight excluding hydrogens is 182 g/mol. The molecule has 0 atom stereocenters. The molecule has 0 fully saturated rings. The summed E-state index contributed by atoms with van der Waals surface area (Å²) in [6.07, 6.45) is 1.93. The molecule has 1 aromatic rings. The highest BCUT2D eigenvalue weighted by Gasteiger charge is 2.10. The summed E-state index contributed by atoms with van der Waals surface area (Å²) >= 11 is 0. The summed E-state index contributed by atoms with van der Waals surface area (Å²) in [4.78, 5) is 14.5. The van der Waals surface area contributed by atoms with Crippen LogP contribution in [0.1, 0.15) is 29.3 Å². The number of hydrogen-bond acceptors (Lipinski definition) is 4. The fraction of sp³-hybridized carbons (Fsp3) is 0.300. The summed E-state index contributed by atoms with van der Waals surface area (Å²) in [6.45, 7) is 2.06. The minimum Gasteiger partial charge on any atom is -0.398 e. The van der Waals surface area contributed by atoms with E-state index < -0.39 is 5.97 Å². The van der Waals surface area contributed by atoms with Crippen LogP contribution in [-0.4, -0.2) is 11.2 Å². The van der Waals surface area contributed by atoms with Gasteiger partial charge in [-0.2, -0.15) is 5.26 Å². The Labute approximate surface area is 82.2 Å². The molecule has 76 valence electrons. The van der Waals surface area contributed by atoms with Crippen molar-refractivity contribution >= 4 is 11.7 Å². The Balaban J connectivity index is 2.95. The second-order valence-corrected chi connectivity index (χ2v) is 3.05. The first-order valence-electron chi connectivity index (χ1n) is 4.43. The molecule has 0 aromatic heterocycles. The summed E-state index contributed by atoms with van der Waals surface area (Å²) < 4.78 is 0.